The Hall–Kier alpha value is -2.20. The van der Waals surface area contributed by atoms with E-state index in [0.29, 0.717) is 16.8 Å². The van der Waals surface area contributed by atoms with Crippen molar-refractivity contribution in [3.05, 3.63) is 29.3 Å². The fraction of sp³-hybridized carbons (Fsp3) is 0.412. The number of hydrogen-bond donors (Lipinski definition) is 0. The van der Waals surface area contributed by atoms with E-state index in [4.69, 9.17) is 10.00 Å². The number of Topliss-reactive ketones (excluding diaryl/α,β-unsaturated/α-hetero) is 1. The zero-order chi connectivity index (χ0) is 18.1. The topological polar surface area (TPSA) is 87.5 Å². The minimum atomic E-state index is -0.949. The molecule has 126 valence electrons. The number of fused-ring (bicyclic) bond motifs is 1. The van der Waals surface area contributed by atoms with E-state index in [1.807, 2.05) is 6.07 Å². The number of benzene rings is 1. The Bertz CT molecular complexity index is 749. The van der Waals surface area contributed by atoms with E-state index >= 15 is 0 Å². The highest BCUT2D eigenvalue weighted by atomic mass is 79.9. The number of amides is 2. The largest absolute Gasteiger partial charge is 0.448 e. The van der Waals surface area contributed by atoms with E-state index in [0.717, 1.165) is 4.90 Å². The maximum absolute atomic E-state index is 12.6. The Labute approximate surface area is 148 Å². The minimum Gasteiger partial charge on any atom is -0.448 e. The molecule has 0 fully saturated rings. The number of hydrogen-bond acceptors (Lipinski definition) is 5. The molecule has 1 aliphatic rings. The molecule has 0 spiro atoms. The van der Waals surface area contributed by atoms with Crippen LogP contribution in [0, 0.1) is 11.3 Å². The lowest BCUT2D eigenvalue weighted by Gasteiger charge is -2.18. The van der Waals surface area contributed by atoms with Crippen molar-refractivity contribution >= 4 is 39.4 Å². The third kappa shape index (κ3) is 3.06. The number of ketones is 1. The molecule has 0 aromatic heterocycles. The molecule has 0 radical (unpaired) electrons. The van der Waals surface area contributed by atoms with Crippen molar-refractivity contribution in [1.29, 1.82) is 5.26 Å². The number of anilines is 1. The number of nitrogens with zero attached hydrogens (tertiary/aromatic N) is 2. The molecule has 1 aliphatic heterocycles. The Morgan fingerprint density at radius 3 is 2.67 bits per heavy atom. The fourth-order valence-electron chi connectivity index (χ4n) is 2.55. The van der Waals surface area contributed by atoms with Crippen molar-refractivity contribution in [1.82, 2.24) is 0 Å². The van der Waals surface area contributed by atoms with Gasteiger partial charge in [0.05, 0.1) is 28.4 Å². The van der Waals surface area contributed by atoms with Gasteiger partial charge in [0.15, 0.2) is 5.78 Å². The average molecular weight is 393 g/mol. The van der Waals surface area contributed by atoms with E-state index in [-0.39, 0.29) is 23.6 Å². The molecule has 0 N–H and O–H groups in total. The molecule has 7 heteroatoms. The minimum absolute atomic E-state index is 0.0561. The second-order valence-electron chi connectivity index (χ2n) is 6.00. The summed E-state index contributed by atoms with van der Waals surface area (Å²) in [5.74, 6) is -0.521. The highest BCUT2D eigenvalue weighted by molar-refractivity contribution is 9.10. The standard InChI is InChI=1S/C17H17BrN2O4/c1-10(18)14(21)11-5-6-13-12(9-11)17(2,3)15(22)20(13)16(23)24-8-4-7-19/h5-6,9-10H,4,8H2,1-3H3. The average Bonchev–Trinajstić information content (AvgIpc) is 2.73. The normalized spacial score (nSPS) is 16.3. The summed E-state index contributed by atoms with van der Waals surface area (Å²) in [5, 5.41) is 8.51. The molecule has 24 heavy (non-hydrogen) atoms. The molecule has 1 unspecified atom stereocenters. The van der Waals surface area contributed by atoms with Gasteiger partial charge in [0.25, 0.3) is 0 Å². The molecule has 6 nitrogen and oxygen atoms in total. The molecular weight excluding hydrogens is 376 g/mol. The molecule has 1 heterocycles. The summed E-state index contributed by atoms with van der Waals surface area (Å²) in [5.41, 5.74) is 0.531. The lowest BCUT2D eigenvalue weighted by atomic mass is 9.85. The summed E-state index contributed by atoms with van der Waals surface area (Å²) in [4.78, 5) is 37.6. The van der Waals surface area contributed by atoms with Gasteiger partial charge in [0.1, 0.15) is 6.61 Å². The molecule has 0 saturated carbocycles. The highest BCUT2D eigenvalue weighted by Crippen LogP contribution is 2.42. The molecule has 1 aromatic carbocycles. The van der Waals surface area contributed by atoms with Gasteiger partial charge in [-0.3, -0.25) is 9.59 Å². The molecule has 2 rings (SSSR count). The monoisotopic (exact) mass is 392 g/mol. The molecule has 1 atom stereocenters. The van der Waals surface area contributed by atoms with Gasteiger partial charge in [-0.05, 0) is 44.5 Å². The number of ether oxygens (including phenoxy) is 1. The zero-order valence-corrected chi connectivity index (χ0v) is 15.2. The quantitative estimate of drug-likeness (QED) is 0.445. The van der Waals surface area contributed by atoms with Crippen molar-refractivity contribution in [3.63, 3.8) is 0 Å². The highest BCUT2D eigenvalue weighted by Gasteiger charge is 2.47. The van der Waals surface area contributed by atoms with Gasteiger partial charge in [-0.2, -0.15) is 5.26 Å². The predicted molar refractivity (Wildman–Crippen MR) is 91.3 cm³/mol. The second-order valence-corrected chi connectivity index (χ2v) is 7.37. The van der Waals surface area contributed by atoms with E-state index in [1.165, 1.54) is 0 Å². The Balaban J connectivity index is 2.41. The second kappa shape index (κ2) is 6.73. The lowest BCUT2D eigenvalue weighted by Crippen LogP contribution is -2.40. The predicted octanol–water partition coefficient (Wildman–Crippen LogP) is 3.33. The van der Waals surface area contributed by atoms with Crippen LogP contribution in [-0.4, -0.2) is 29.2 Å². The third-order valence-electron chi connectivity index (χ3n) is 3.92. The van der Waals surface area contributed by atoms with Crippen LogP contribution in [0.3, 0.4) is 0 Å². The van der Waals surface area contributed by atoms with Gasteiger partial charge in [-0.15, -0.1) is 0 Å². The lowest BCUT2D eigenvalue weighted by molar-refractivity contribution is -0.121. The first-order valence-corrected chi connectivity index (χ1v) is 8.34. The van der Waals surface area contributed by atoms with Crippen LogP contribution in [0.1, 0.15) is 43.1 Å². The number of rotatable bonds is 4. The number of alkyl halides is 1. The van der Waals surface area contributed by atoms with Crippen LogP contribution in [0.4, 0.5) is 10.5 Å². The summed E-state index contributed by atoms with van der Waals surface area (Å²) >= 11 is 3.24. The molecular formula is C17H17BrN2O4. The van der Waals surface area contributed by atoms with E-state index in [1.54, 1.807) is 39.0 Å². The van der Waals surface area contributed by atoms with Crippen LogP contribution >= 0.6 is 15.9 Å². The SMILES string of the molecule is CC(Br)C(=O)c1ccc2c(c1)C(C)(C)C(=O)N2C(=O)OCCC#N. The first kappa shape index (κ1) is 18.1. The smallest absolute Gasteiger partial charge is 0.421 e. The maximum atomic E-state index is 12.6. The van der Waals surface area contributed by atoms with Crippen LogP contribution in [0.5, 0.6) is 0 Å². The molecule has 2 amide bonds. The third-order valence-corrected chi connectivity index (χ3v) is 4.33. The number of imide groups is 1. The zero-order valence-electron chi connectivity index (χ0n) is 13.6. The maximum Gasteiger partial charge on any atom is 0.421 e. The van der Waals surface area contributed by atoms with Gasteiger partial charge in [-0.25, -0.2) is 9.69 Å². The van der Waals surface area contributed by atoms with Gasteiger partial charge in [0, 0.05) is 5.56 Å². The van der Waals surface area contributed by atoms with E-state index < -0.39 is 17.4 Å². The van der Waals surface area contributed by atoms with Gasteiger partial charge >= 0.3 is 6.09 Å². The molecule has 1 aromatic rings. The van der Waals surface area contributed by atoms with E-state index in [2.05, 4.69) is 15.9 Å². The first-order valence-electron chi connectivity index (χ1n) is 7.43. The van der Waals surface area contributed by atoms with E-state index in [9.17, 15) is 14.4 Å². The molecule has 0 aliphatic carbocycles. The Morgan fingerprint density at radius 2 is 2.08 bits per heavy atom. The summed E-state index contributed by atoms with van der Waals surface area (Å²) in [6, 6.07) is 6.68. The van der Waals surface area contributed by atoms with Crippen LogP contribution in [0.25, 0.3) is 0 Å². The van der Waals surface area contributed by atoms with Crippen LogP contribution in [-0.2, 0) is 14.9 Å². The van der Waals surface area contributed by atoms with Gasteiger partial charge in [0.2, 0.25) is 5.91 Å². The van der Waals surface area contributed by atoms with Crippen molar-refractivity contribution < 1.29 is 19.1 Å². The molecule has 0 bridgehead atoms. The van der Waals surface area contributed by atoms with Gasteiger partial charge < -0.3 is 4.74 Å². The summed E-state index contributed by atoms with van der Waals surface area (Å²) in [6.07, 6.45) is -0.754. The van der Waals surface area contributed by atoms with Crippen molar-refractivity contribution in [2.75, 3.05) is 11.5 Å². The van der Waals surface area contributed by atoms with Gasteiger partial charge in [-0.1, -0.05) is 15.9 Å². The Morgan fingerprint density at radius 1 is 1.42 bits per heavy atom. The number of nitriles is 1. The van der Waals surface area contributed by atoms with Crippen LogP contribution in [0.2, 0.25) is 0 Å². The summed E-state index contributed by atoms with van der Waals surface area (Å²) in [7, 11) is 0. The number of carbonyl (C=O) groups excluding carboxylic acids is 3. The summed E-state index contributed by atoms with van der Waals surface area (Å²) in [6.45, 7) is 5.04. The first-order chi connectivity index (χ1) is 11.2. The van der Waals surface area contributed by atoms with Crippen LogP contribution in [0.15, 0.2) is 18.2 Å². The number of halogens is 1. The van der Waals surface area contributed by atoms with Crippen LogP contribution < -0.4 is 4.90 Å². The molecule has 0 saturated heterocycles. The van der Waals surface area contributed by atoms with Crippen molar-refractivity contribution in [2.45, 2.75) is 37.4 Å². The van der Waals surface area contributed by atoms with Crippen molar-refractivity contribution in [2.24, 2.45) is 0 Å². The van der Waals surface area contributed by atoms with Crippen molar-refractivity contribution in [3.8, 4) is 6.07 Å². The summed E-state index contributed by atoms with van der Waals surface area (Å²) < 4.78 is 4.97. The number of carbonyl (C=O) groups is 3. The Kier molecular flexibility index (Phi) is 5.09. The fourth-order valence-corrected chi connectivity index (χ4v) is 2.81.